The molecule has 0 aliphatic carbocycles. The van der Waals surface area contributed by atoms with Crippen molar-refractivity contribution in [2.24, 2.45) is 0 Å². The second kappa shape index (κ2) is 9.97. The van der Waals surface area contributed by atoms with Crippen molar-refractivity contribution in [2.75, 3.05) is 31.1 Å². The Morgan fingerprint density at radius 3 is 2.18 bits per heavy atom. The van der Waals surface area contributed by atoms with Gasteiger partial charge < -0.3 is 14.2 Å². The van der Waals surface area contributed by atoms with Gasteiger partial charge in [0.1, 0.15) is 17.4 Å². The minimum Gasteiger partial charge on any atom is -0.455 e. The molecule has 7 heteroatoms. The van der Waals surface area contributed by atoms with Crippen LogP contribution in [-0.2, 0) is 13.1 Å². The summed E-state index contributed by atoms with van der Waals surface area (Å²) in [6, 6.07) is 17.0. The summed E-state index contributed by atoms with van der Waals surface area (Å²) in [4.78, 5) is 18.8. The summed E-state index contributed by atoms with van der Waals surface area (Å²) < 4.78 is 34.2. The topological polar surface area (TPSA) is 39.9 Å². The van der Waals surface area contributed by atoms with Crippen LogP contribution < -0.4 is 4.90 Å². The van der Waals surface area contributed by atoms with Crippen molar-refractivity contribution in [3.05, 3.63) is 89.4 Å². The molecule has 1 amide bonds. The van der Waals surface area contributed by atoms with Gasteiger partial charge >= 0.3 is 0 Å². The molecule has 1 saturated heterocycles. The third-order valence-corrected chi connectivity index (χ3v) is 6.25. The maximum Gasteiger partial charge on any atom is 0.289 e. The number of para-hydroxylation sites is 1. The molecule has 1 aromatic heterocycles. The van der Waals surface area contributed by atoms with E-state index < -0.39 is 0 Å². The van der Waals surface area contributed by atoms with Gasteiger partial charge in [0.05, 0.1) is 12.2 Å². The minimum atomic E-state index is -0.253. The van der Waals surface area contributed by atoms with E-state index in [0.29, 0.717) is 56.3 Å². The lowest BCUT2D eigenvalue weighted by atomic mass is 10.0. The molecule has 0 bridgehead atoms. The highest BCUT2D eigenvalue weighted by atomic mass is 19.1. The van der Waals surface area contributed by atoms with Gasteiger partial charge in [-0.1, -0.05) is 30.3 Å². The van der Waals surface area contributed by atoms with Gasteiger partial charge in [-0.2, -0.15) is 0 Å². The number of carbonyl (C=O) groups excluding carboxylic acids is 1. The number of carbonyl (C=O) groups is 1. The van der Waals surface area contributed by atoms with Crippen molar-refractivity contribution in [1.29, 1.82) is 0 Å². The molecule has 3 aromatic rings. The van der Waals surface area contributed by atoms with Crippen molar-refractivity contribution in [3.8, 4) is 0 Å². The summed E-state index contributed by atoms with van der Waals surface area (Å²) in [7, 11) is 0. The van der Waals surface area contributed by atoms with E-state index in [2.05, 4.69) is 25.7 Å². The lowest BCUT2D eigenvalue weighted by Gasteiger charge is -2.36. The van der Waals surface area contributed by atoms with Gasteiger partial charge in [0, 0.05) is 43.8 Å². The number of benzene rings is 2. The zero-order valence-corrected chi connectivity index (χ0v) is 19.9. The molecule has 1 fully saturated rings. The number of hydrogen-bond acceptors (Lipinski definition) is 4. The molecule has 0 N–H and O–H groups in total. The second-order valence-electron chi connectivity index (χ2n) is 9.61. The Kier molecular flexibility index (Phi) is 7.03. The Labute approximate surface area is 199 Å². The summed E-state index contributed by atoms with van der Waals surface area (Å²) in [6.07, 6.45) is 0. The van der Waals surface area contributed by atoms with Crippen molar-refractivity contribution < 1.29 is 18.0 Å². The van der Waals surface area contributed by atoms with Crippen LogP contribution in [0.4, 0.5) is 14.5 Å². The Morgan fingerprint density at radius 2 is 1.53 bits per heavy atom. The molecule has 0 saturated carbocycles. The monoisotopic (exact) mass is 467 g/mol. The summed E-state index contributed by atoms with van der Waals surface area (Å²) in [5.41, 5.74) is 0.947. The Hall–Kier alpha value is -3.19. The maximum absolute atomic E-state index is 14.2. The van der Waals surface area contributed by atoms with Gasteiger partial charge in [0.2, 0.25) is 0 Å². The summed E-state index contributed by atoms with van der Waals surface area (Å²) in [5.74, 6) is 0.280. The van der Waals surface area contributed by atoms with Crippen molar-refractivity contribution in [1.82, 2.24) is 9.80 Å². The minimum absolute atomic E-state index is 0.171. The average Bonchev–Trinajstić information content (AvgIpc) is 3.28. The molecule has 1 aliphatic heterocycles. The molecule has 2 heterocycles. The van der Waals surface area contributed by atoms with E-state index >= 15 is 0 Å². The number of nitrogens with zero attached hydrogens (tertiary/aromatic N) is 3. The van der Waals surface area contributed by atoms with E-state index in [0.717, 1.165) is 0 Å². The quantitative estimate of drug-likeness (QED) is 0.492. The zero-order chi connectivity index (χ0) is 24.3. The SMILES string of the molecule is CC(C)(C)N(Cc1ccc(C(=O)N2CCN(c3ccccc3F)CC2)o1)Cc1ccccc1F. The van der Waals surface area contributed by atoms with Gasteiger partial charge in [0.15, 0.2) is 5.76 Å². The molecule has 34 heavy (non-hydrogen) atoms. The molecule has 1 aliphatic rings. The lowest BCUT2D eigenvalue weighted by Crippen LogP contribution is -2.49. The molecule has 0 unspecified atom stereocenters. The van der Waals surface area contributed by atoms with Gasteiger partial charge in [-0.3, -0.25) is 9.69 Å². The predicted molar refractivity (Wildman–Crippen MR) is 129 cm³/mol. The maximum atomic E-state index is 14.2. The summed E-state index contributed by atoms with van der Waals surface area (Å²) >= 11 is 0. The van der Waals surface area contributed by atoms with Crippen molar-refractivity contribution >= 4 is 11.6 Å². The number of furan rings is 1. The number of hydrogen-bond donors (Lipinski definition) is 0. The number of amides is 1. The third-order valence-electron chi connectivity index (χ3n) is 6.25. The predicted octanol–water partition coefficient (Wildman–Crippen LogP) is 5.32. The Balaban J connectivity index is 1.40. The Morgan fingerprint density at radius 1 is 0.882 bits per heavy atom. The van der Waals surface area contributed by atoms with Gasteiger partial charge in [-0.05, 0) is 51.1 Å². The van der Waals surface area contributed by atoms with Crippen LogP contribution in [0.15, 0.2) is 65.1 Å². The van der Waals surface area contributed by atoms with E-state index in [4.69, 9.17) is 4.42 Å². The number of halogens is 2. The molecule has 0 radical (unpaired) electrons. The summed E-state index contributed by atoms with van der Waals surface area (Å²) in [6.45, 7) is 9.18. The highest BCUT2D eigenvalue weighted by molar-refractivity contribution is 5.91. The first-order valence-electron chi connectivity index (χ1n) is 11.6. The fourth-order valence-corrected chi connectivity index (χ4v) is 4.14. The first-order valence-corrected chi connectivity index (χ1v) is 11.6. The first-order chi connectivity index (χ1) is 16.2. The number of anilines is 1. The fraction of sp³-hybridized carbons (Fsp3) is 0.370. The summed E-state index contributed by atoms with van der Waals surface area (Å²) in [5, 5.41) is 0. The first kappa shape index (κ1) is 24.0. The highest BCUT2D eigenvalue weighted by Gasteiger charge is 2.27. The molecule has 180 valence electrons. The van der Waals surface area contributed by atoms with E-state index in [-0.39, 0.29) is 28.8 Å². The molecule has 0 atom stereocenters. The van der Waals surface area contributed by atoms with Crippen molar-refractivity contribution in [2.45, 2.75) is 39.4 Å². The molecule has 0 spiro atoms. The van der Waals surface area contributed by atoms with Gasteiger partial charge in [-0.25, -0.2) is 8.78 Å². The molecule has 4 rings (SSSR count). The smallest absolute Gasteiger partial charge is 0.289 e. The van der Waals surface area contributed by atoms with Crippen molar-refractivity contribution in [3.63, 3.8) is 0 Å². The molecular weight excluding hydrogens is 436 g/mol. The van der Waals surface area contributed by atoms with Crippen LogP contribution in [0.25, 0.3) is 0 Å². The van der Waals surface area contributed by atoms with Crippen LogP contribution in [0.2, 0.25) is 0 Å². The van der Waals surface area contributed by atoms with E-state index in [1.54, 1.807) is 35.2 Å². The number of piperazine rings is 1. The van der Waals surface area contributed by atoms with E-state index in [1.165, 1.54) is 12.1 Å². The molecular formula is C27H31F2N3O2. The largest absolute Gasteiger partial charge is 0.455 e. The van der Waals surface area contributed by atoms with Crippen LogP contribution >= 0.6 is 0 Å². The second-order valence-corrected chi connectivity index (χ2v) is 9.61. The van der Waals surface area contributed by atoms with Crippen LogP contribution in [-0.4, -0.2) is 47.4 Å². The normalized spacial score (nSPS) is 14.6. The molecule has 5 nitrogen and oxygen atoms in total. The third kappa shape index (κ3) is 5.47. The van der Waals surface area contributed by atoms with Crippen LogP contribution in [0.3, 0.4) is 0 Å². The van der Waals surface area contributed by atoms with E-state index in [9.17, 15) is 13.6 Å². The van der Waals surface area contributed by atoms with Crippen LogP contribution in [0.5, 0.6) is 0 Å². The number of rotatable bonds is 6. The van der Waals surface area contributed by atoms with Crippen LogP contribution in [0, 0.1) is 11.6 Å². The fourth-order valence-electron chi connectivity index (χ4n) is 4.14. The highest BCUT2D eigenvalue weighted by Crippen LogP contribution is 2.24. The van der Waals surface area contributed by atoms with Gasteiger partial charge in [0.25, 0.3) is 5.91 Å². The lowest BCUT2D eigenvalue weighted by molar-refractivity contribution is 0.0703. The Bertz CT molecular complexity index is 1130. The molecule has 2 aromatic carbocycles. The average molecular weight is 468 g/mol. The standard InChI is InChI=1S/C27H31F2N3O2/c1-27(2,3)32(18-20-8-4-5-9-22(20)28)19-21-12-13-25(34-21)26(33)31-16-14-30(15-17-31)24-11-7-6-10-23(24)29/h4-13H,14-19H2,1-3H3. The van der Waals surface area contributed by atoms with E-state index in [1.807, 2.05) is 23.1 Å². The zero-order valence-electron chi connectivity index (χ0n) is 19.9. The van der Waals surface area contributed by atoms with Gasteiger partial charge in [-0.15, -0.1) is 0 Å². The van der Waals surface area contributed by atoms with Crippen LogP contribution in [0.1, 0.15) is 42.6 Å².